The lowest BCUT2D eigenvalue weighted by Gasteiger charge is -2.34. The molecule has 2 heterocycles. The number of fused-ring (bicyclic) bond motifs is 1. The van der Waals surface area contributed by atoms with Crippen LogP contribution in [0.4, 0.5) is 5.95 Å². The number of hydrogen-bond acceptors (Lipinski definition) is 5. The van der Waals surface area contributed by atoms with Gasteiger partial charge in [-0.1, -0.05) is 59.6 Å². The number of imidazole rings is 1. The van der Waals surface area contributed by atoms with Crippen LogP contribution in [0.3, 0.4) is 0 Å². The Morgan fingerprint density at radius 2 is 1.88 bits per heavy atom. The number of H-pyrrole nitrogens is 1. The molecule has 5 rings (SSSR count). The van der Waals surface area contributed by atoms with Crippen molar-refractivity contribution < 1.29 is 9.53 Å². The minimum atomic E-state index is 0.0181. The molecule has 1 aromatic heterocycles. The Balaban J connectivity index is 1.17. The fourth-order valence-electron chi connectivity index (χ4n) is 5.87. The lowest BCUT2D eigenvalue weighted by atomic mass is 9.94. The van der Waals surface area contributed by atoms with E-state index in [1.807, 2.05) is 67.4 Å². The summed E-state index contributed by atoms with van der Waals surface area (Å²) in [5.41, 5.74) is 5.07. The fourth-order valence-corrected chi connectivity index (χ4v) is 6.17. The standard InChI is InChI=1S/C34H41Cl2N5O2/c1-3-43-21-17-24-10-7-11-31-32(24)39-34(38-31)37-28-15-19-41(20-16-28)18-14-27(26-12-13-29(35)30(36)22-26)23-40(2)33(42)25-8-5-4-6-9-25/h4-13,22,27-28H,3,14-21,23H2,1-2H3,(H2,37,38,39). The molecule has 9 heteroatoms. The number of likely N-dealkylation sites (tertiary alicyclic amines) is 1. The van der Waals surface area contributed by atoms with Gasteiger partial charge in [0.25, 0.3) is 5.91 Å². The summed E-state index contributed by atoms with van der Waals surface area (Å²) in [5, 5.41) is 4.73. The van der Waals surface area contributed by atoms with Gasteiger partial charge in [0.1, 0.15) is 0 Å². The third kappa shape index (κ3) is 8.30. The van der Waals surface area contributed by atoms with Crippen molar-refractivity contribution in [1.29, 1.82) is 0 Å². The van der Waals surface area contributed by atoms with E-state index < -0.39 is 0 Å². The van der Waals surface area contributed by atoms with E-state index >= 15 is 0 Å². The van der Waals surface area contributed by atoms with Gasteiger partial charge in [0.15, 0.2) is 0 Å². The predicted molar refractivity (Wildman–Crippen MR) is 177 cm³/mol. The smallest absolute Gasteiger partial charge is 0.253 e. The van der Waals surface area contributed by atoms with Gasteiger partial charge in [-0.2, -0.15) is 0 Å². The number of ether oxygens (including phenoxy) is 1. The van der Waals surface area contributed by atoms with Crippen molar-refractivity contribution in [1.82, 2.24) is 19.8 Å². The van der Waals surface area contributed by atoms with Gasteiger partial charge in [-0.3, -0.25) is 4.79 Å². The first kappa shape index (κ1) is 31.3. The number of halogens is 2. The van der Waals surface area contributed by atoms with Gasteiger partial charge in [-0.05, 0) is 80.6 Å². The number of benzene rings is 3. The maximum atomic E-state index is 13.1. The Hall–Kier alpha value is -3.10. The molecule has 228 valence electrons. The highest BCUT2D eigenvalue weighted by Gasteiger charge is 2.24. The van der Waals surface area contributed by atoms with Crippen LogP contribution in [-0.2, 0) is 11.2 Å². The predicted octanol–water partition coefficient (Wildman–Crippen LogP) is 7.27. The lowest BCUT2D eigenvalue weighted by Crippen LogP contribution is -2.40. The van der Waals surface area contributed by atoms with Gasteiger partial charge < -0.3 is 24.8 Å². The normalized spacial score (nSPS) is 15.1. The SMILES string of the molecule is CCOCCc1cccc2[nH]c(NC3CCN(CCC(CN(C)C(=O)c4ccccc4)c4ccc(Cl)c(Cl)c4)CC3)nc12. The quantitative estimate of drug-likeness (QED) is 0.154. The molecule has 1 fully saturated rings. The number of likely N-dealkylation sites (N-methyl/N-ethyl adjacent to an activating group) is 1. The molecule has 2 N–H and O–H groups in total. The van der Waals surface area contributed by atoms with E-state index in [1.165, 1.54) is 5.56 Å². The van der Waals surface area contributed by atoms with Crippen molar-refractivity contribution in [2.24, 2.45) is 0 Å². The average Bonchev–Trinajstić information content (AvgIpc) is 3.44. The van der Waals surface area contributed by atoms with Crippen molar-refractivity contribution in [2.75, 3.05) is 51.8 Å². The summed E-state index contributed by atoms with van der Waals surface area (Å²) in [7, 11) is 1.87. The molecule has 1 aliphatic heterocycles. The number of carbonyl (C=O) groups is 1. The molecule has 0 radical (unpaired) electrons. The number of piperidine rings is 1. The molecule has 0 bridgehead atoms. The molecule has 4 aromatic rings. The van der Waals surface area contributed by atoms with E-state index in [0.717, 1.165) is 74.5 Å². The van der Waals surface area contributed by atoms with Gasteiger partial charge in [-0.15, -0.1) is 0 Å². The summed E-state index contributed by atoms with van der Waals surface area (Å²) in [5.74, 6) is 0.989. The number of hydrogen-bond donors (Lipinski definition) is 2. The minimum Gasteiger partial charge on any atom is -0.381 e. The van der Waals surface area contributed by atoms with Gasteiger partial charge in [0.2, 0.25) is 5.95 Å². The zero-order valence-electron chi connectivity index (χ0n) is 25.0. The highest BCUT2D eigenvalue weighted by Crippen LogP contribution is 2.30. The first-order valence-electron chi connectivity index (χ1n) is 15.2. The zero-order chi connectivity index (χ0) is 30.2. The summed E-state index contributed by atoms with van der Waals surface area (Å²) in [4.78, 5) is 25.8. The Bertz CT molecular complexity index is 1490. The second-order valence-electron chi connectivity index (χ2n) is 11.3. The molecule has 0 saturated carbocycles. The van der Waals surface area contributed by atoms with Crippen LogP contribution < -0.4 is 5.32 Å². The molecular formula is C34H41Cl2N5O2. The summed E-state index contributed by atoms with van der Waals surface area (Å²) >= 11 is 12.6. The van der Waals surface area contributed by atoms with E-state index in [-0.39, 0.29) is 11.8 Å². The second-order valence-corrected chi connectivity index (χ2v) is 12.1. The Morgan fingerprint density at radius 3 is 2.63 bits per heavy atom. The van der Waals surface area contributed by atoms with Crippen LogP contribution in [0.5, 0.6) is 0 Å². The molecule has 0 aliphatic carbocycles. The van der Waals surface area contributed by atoms with Crippen molar-refractivity contribution in [3.8, 4) is 0 Å². The number of nitrogens with zero attached hydrogens (tertiary/aromatic N) is 3. The topological polar surface area (TPSA) is 73.5 Å². The van der Waals surface area contributed by atoms with Crippen LogP contribution >= 0.6 is 23.2 Å². The third-order valence-electron chi connectivity index (χ3n) is 8.32. The maximum Gasteiger partial charge on any atom is 0.253 e. The summed E-state index contributed by atoms with van der Waals surface area (Å²) < 4.78 is 5.56. The number of aromatic amines is 1. The summed E-state index contributed by atoms with van der Waals surface area (Å²) in [6.07, 6.45) is 3.85. The van der Waals surface area contributed by atoms with Gasteiger partial charge in [0, 0.05) is 50.8 Å². The van der Waals surface area contributed by atoms with E-state index in [4.69, 9.17) is 32.9 Å². The van der Waals surface area contributed by atoms with E-state index in [2.05, 4.69) is 33.4 Å². The molecule has 1 atom stereocenters. The van der Waals surface area contributed by atoms with Crippen molar-refractivity contribution >= 4 is 46.1 Å². The van der Waals surface area contributed by atoms with Gasteiger partial charge in [0.05, 0.1) is 27.7 Å². The molecular weight excluding hydrogens is 581 g/mol. The van der Waals surface area contributed by atoms with Crippen LogP contribution in [-0.4, -0.2) is 78.2 Å². The fraction of sp³-hybridized carbons (Fsp3) is 0.412. The zero-order valence-corrected chi connectivity index (χ0v) is 26.5. The van der Waals surface area contributed by atoms with E-state index in [1.54, 1.807) is 0 Å². The third-order valence-corrected chi connectivity index (χ3v) is 9.05. The number of amides is 1. The lowest BCUT2D eigenvalue weighted by molar-refractivity contribution is 0.0782. The number of para-hydroxylation sites is 1. The highest BCUT2D eigenvalue weighted by atomic mass is 35.5. The summed E-state index contributed by atoms with van der Waals surface area (Å²) in [6.45, 7) is 7.00. The summed E-state index contributed by atoms with van der Waals surface area (Å²) in [6, 6.07) is 21.9. The molecule has 3 aromatic carbocycles. The first-order chi connectivity index (χ1) is 20.9. The van der Waals surface area contributed by atoms with Gasteiger partial charge >= 0.3 is 0 Å². The largest absolute Gasteiger partial charge is 0.381 e. The molecule has 0 spiro atoms. The maximum absolute atomic E-state index is 13.1. The van der Waals surface area contributed by atoms with Crippen molar-refractivity contribution in [2.45, 2.75) is 44.6 Å². The Kier molecular flexibility index (Phi) is 11.0. The highest BCUT2D eigenvalue weighted by molar-refractivity contribution is 6.42. The Labute approximate surface area is 264 Å². The molecule has 43 heavy (non-hydrogen) atoms. The molecule has 1 unspecified atom stereocenters. The monoisotopic (exact) mass is 621 g/mol. The van der Waals surface area contributed by atoms with Crippen LogP contribution in [0.15, 0.2) is 66.7 Å². The number of anilines is 1. The van der Waals surface area contributed by atoms with Crippen LogP contribution in [0, 0.1) is 0 Å². The molecule has 1 amide bonds. The molecule has 1 aliphatic rings. The number of aromatic nitrogens is 2. The number of nitrogens with one attached hydrogen (secondary N) is 2. The van der Waals surface area contributed by atoms with Crippen molar-refractivity contribution in [3.63, 3.8) is 0 Å². The number of rotatable bonds is 13. The average molecular weight is 623 g/mol. The number of carbonyl (C=O) groups excluding carboxylic acids is 1. The molecule has 1 saturated heterocycles. The van der Waals surface area contributed by atoms with E-state index in [0.29, 0.717) is 34.8 Å². The minimum absolute atomic E-state index is 0.0181. The van der Waals surface area contributed by atoms with Crippen molar-refractivity contribution in [3.05, 3.63) is 93.5 Å². The van der Waals surface area contributed by atoms with E-state index in [9.17, 15) is 4.79 Å². The molecule has 7 nitrogen and oxygen atoms in total. The van der Waals surface area contributed by atoms with Crippen LogP contribution in [0.25, 0.3) is 11.0 Å². The van der Waals surface area contributed by atoms with Crippen LogP contribution in [0.1, 0.15) is 53.6 Å². The first-order valence-corrected chi connectivity index (χ1v) is 16.0. The Morgan fingerprint density at radius 1 is 1.09 bits per heavy atom. The van der Waals surface area contributed by atoms with Crippen LogP contribution in [0.2, 0.25) is 10.0 Å². The van der Waals surface area contributed by atoms with Gasteiger partial charge in [-0.25, -0.2) is 4.98 Å². The second kappa shape index (κ2) is 15.1.